The van der Waals surface area contributed by atoms with Crippen LogP contribution in [0.2, 0.25) is 0 Å². The lowest BCUT2D eigenvalue weighted by atomic mass is 10.2. The Balaban J connectivity index is 1.95. The molecule has 1 amide bonds. The second-order valence-electron chi connectivity index (χ2n) is 5.33. The third-order valence-electron chi connectivity index (χ3n) is 3.56. The summed E-state index contributed by atoms with van der Waals surface area (Å²) in [6, 6.07) is 10.3. The minimum atomic E-state index is -0.156. The van der Waals surface area contributed by atoms with Gasteiger partial charge in [0.2, 0.25) is 0 Å². The molecule has 1 aromatic carbocycles. The molecule has 26 heavy (non-hydrogen) atoms. The van der Waals surface area contributed by atoms with Gasteiger partial charge in [0.1, 0.15) is 0 Å². The van der Waals surface area contributed by atoms with Gasteiger partial charge in [0.25, 0.3) is 5.91 Å². The fourth-order valence-corrected chi connectivity index (χ4v) is 3.33. The van der Waals surface area contributed by atoms with Crippen LogP contribution >= 0.6 is 11.8 Å². The molecule has 1 aromatic heterocycles. The van der Waals surface area contributed by atoms with Crippen LogP contribution in [-0.4, -0.2) is 39.7 Å². The molecule has 1 saturated heterocycles. The first-order chi connectivity index (χ1) is 12.6. The van der Waals surface area contributed by atoms with Gasteiger partial charge in [0.05, 0.1) is 12.0 Å². The van der Waals surface area contributed by atoms with Crippen molar-refractivity contribution in [1.29, 1.82) is 0 Å². The van der Waals surface area contributed by atoms with Gasteiger partial charge in [-0.25, -0.2) is 9.98 Å². The van der Waals surface area contributed by atoms with Gasteiger partial charge in [0.15, 0.2) is 22.5 Å². The van der Waals surface area contributed by atoms with E-state index in [-0.39, 0.29) is 11.7 Å². The van der Waals surface area contributed by atoms with E-state index >= 15 is 0 Å². The monoisotopic (exact) mass is 367 g/mol. The van der Waals surface area contributed by atoms with Crippen molar-refractivity contribution in [3.8, 4) is 11.5 Å². The highest BCUT2D eigenvalue weighted by Gasteiger charge is 2.32. The zero-order chi connectivity index (χ0) is 18.5. The summed E-state index contributed by atoms with van der Waals surface area (Å²) in [5, 5.41) is 10.2. The Morgan fingerprint density at radius 1 is 1.38 bits per heavy atom. The van der Waals surface area contributed by atoms with Crippen LogP contribution in [0.3, 0.4) is 0 Å². The maximum Gasteiger partial charge on any atom is 0.267 e. The summed E-state index contributed by atoms with van der Waals surface area (Å²) in [6.07, 6.45) is 5.04. The fourth-order valence-electron chi connectivity index (χ4n) is 2.33. The number of hydrogen-bond donors (Lipinski definition) is 1. The number of methoxy groups -OCH3 is 1. The highest BCUT2D eigenvalue weighted by molar-refractivity contribution is 8.18. The van der Waals surface area contributed by atoms with Crippen LogP contribution in [0.4, 0.5) is 5.82 Å². The van der Waals surface area contributed by atoms with Crippen LogP contribution in [0.1, 0.15) is 5.56 Å². The lowest BCUT2D eigenvalue weighted by Crippen LogP contribution is -2.29. The summed E-state index contributed by atoms with van der Waals surface area (Å²) in [5.41, 5.74) is 0.744. The molecule has 0 unspecified atom stereocenters. The number of carbonyl (C=O) groups is 1. The van der Waals surface area contributed by atoms with Crippen LogP contribution in [0, 0.1) is 0 Å². The molecular formula is C19H17N3O3S. The molecule has 0 spiro atoms. The molecule has 3 rings (SSSR count). The van der Waals surface area contributed by atoms with Gasteiger partial charge in [-0.3, -0.25) is 9.69 Å². The van der Waals surface area contributed by atoms with Gasteiger partial charge < -0.3 is 9.84 Å². The summed E-state index contributed by atoms with van der Waals surface area (Å²) in [7, 11) is 1.48. The third kappa shape index (κ3) is 3.78. The molecule has 2 heterocycles. The summed E-state index contributed by atoms with van der Waals surface area (Å²) in [4.78, 5) is 23.4. The fraction of sp³-hybridized carbons (Fsp3) is 0.105. The number of thioether (sulfide) groups is 1. The van der Waals surface area contributed by atoms with Crippen LogP contribution < -0.4 is 4.74 Å². The second kappa shape index (κ2) is 7.88. The number of aromatic hydroxyl groups is 1. The first kappa shape index (κ1) is 17.8. The highest BCUT2D eigenvalue weighted by Crippen LogP contribution is 2.35. The number of pyridine rings is 1. The predicted molar refractivity (Wildman–Crippen MR) is 103 cm³/mol. The Labute approximate surface area is 155 Å². The van der Waals surface area contributed by atoms with Gasteiger partial charge in [-0.2, -0.15) is 0 Å². The van der Waals surface area contributed by atoms with Gasteiger partial charge in [-0.15, -0.1) is 6.58 Å². The number of phenolic OH excluding ortho intramolecular Hbond substituents is 1. The second-order valence-corrected chi connectivity index (χ2v) is 6.34. The van der Waals surface area contributed by atoms with Gasteiger partial charge in [-0.1, -0.05) is 18.2 Å². The Morgan fingerprint density at radius 3 is 2.92 bits per heavy atom. The van der Waals surface area contributed by atoms with E-state index < -0.39 is 0 Å². The Hall–Kier alpha value is -3.06. The lowest BCUT2D eigenvalue weighted by molar-refractivity contribution is -0.121. The minimum Gasteiger partial charge on any atom is -0.504 e. The van der Waals surface area contributed by atoms with Gasteiger partial charge in [-0.05, 0) is 47.7 Å². The van der Waals surface area contributed by atoms with Crippen molar-refractivity contribution in [2.45, 2.75) is 0 Å². The number of ether oxygens (including phenoxy) is 1. The number of hydrogen-bond acceptors (Lipinski definition) is 6. The molecule has 1 aliphatic rings. The number of phenols is 1. The topological polar surface area (TPSA) is 75.0 Å². The average molecular weight is 367 g/mol. The van der Waals surface area contributed by atoms with E-state index in [2.05, 4.69) is 16.6 Å². The van der Waals surface area contributed by atoms with Crippen molar-refractivity contribution in [1.82, 2.24) is 9.88 Å². The molecule has 1 fully saturated rings. The highest BCUT2D eigenvalue weighted by atomic mass is 32.2. The molecule has 0 atom stereocenters. The van der Waals surface area contributed by atoms with Crippen LogP contribution in [-0.2, 0) is 4.79 Å². The molecule has 0 aliphatic carbocycles. The van der Waals surface area contributed by atoms with Gasteiger partial charge >= 0.3 is 0 Å². The van der Waals surface area contributed by atoms with Crippen LogP contribution in [0.15, 0.2) is 65.1 Å². The third-order valence-corrected chi connectivity index (χ3v) is 4.57. The zero-order valence-electron chi connectivity index (χ0n) is 14.1. The minimum absolute atomic E-state index is 0.0470. The van der Waals surface area contributed by atoms with E-state index in [1.54, 1.807) is 41.4 Å². The SMILES string of the molecule is C=CCN1C(=O)/C(=C/c2ccc(O)c(OC)c2)S/C1=N/c1ccccn1. The molecule has 0 saturated carbocycles. The molecular weight excluding hydrogens is 350 g/mol. The number of amidine groups is 1. The molecule has 6 nitrogen and oxygen atoms in total. The van der Waals surface area contributed by atoms with Crippen molar-refractivity contribution < 1.29 is 14.6 Å². The van der Waals surface area contributed by atoms with E-state index in [0.29, 0.717) is 28.2 Å². The summed E-state index contributed by atoms with van der Waals surface area (Å²) < 4.78 is 5.11. The largest absolute Gasteiger partial charge is 0.504 e. The number of rotatable bonds is 5. The quantitative estimate of drug-likeness (QED) is 0.646. The number of aliphatic imine (C=N–C) groups is 1. The summed E-state index contributed by atoms with van der Waals surface area (Å²) >= 11 is 1.27. The smallest absolute Gasteiger partial charge is 0.267 e. The Kier molecular flexibility index (Phi) is 5.38. The van der Waals surface area contributed by atoms with Crippen molar-refractivity contribution >= 4 is 34.7 Å². The molecule has 2 aromatic rings. The molecule has 0 bridgehead atoms. The van der Waals surface area contributed by atoms with Crippen molar-refractivity contribution in [3.63, 3.8) is 0 Å². The van der Waals surface area contributed by atoms with Crippen LogP contribution in [0.25, 0.3) is 6.08 Å². The summed E-state index contributed by atoms with van der Waals surface area (Å²) in [5.74, 6) is 0.770. The van der Waals surface area contributed by atoms with Crippen molar-refractivity contribution in [2.75, 3.05) is 13.7 Å². The van der Waals surface area contributed by atoms with Gasteiger partial charge in [0, 0.05) is 12.7 Å². The normalized spacial score (nSPS) is 17.1. The van der Waals surface area contributed by atoms with E-state index in [9.17, 15) is 9.90 Å². The van der Waals surface area contributed by atoms with E-state index in [1.165, 1.54) is 24.9 Å². The van der Waals surface area contributed by atoms with E-state index in [0.717, 1.165) is 5.56 Å². The Morgan fingerprint density at radius 2 is 2.23 bits per heavy atom. The Bertz CT molecular complexity index is 894. The number of aromatic nitrogens is 1. The first-order valence-corrected chi connectivity index (χ1v) is 8.63. The number of nitrogens with zero attached hydrogens (tertiary/aromatic N) is 3. The zero-order valence-corrected chi connectivity index (χ0v) is 14.9. The summed E-state index contributed by atoms with van der Waals surface area (Å²) in [6.45, 7) is 4.06. The molecule has 1 N–H and O–H groups in total. The molecule has 7 heteroatoms. The standard InChI is InChI=1S/C19H17N3O3S/c1-3-10-22-18(24)16(12-13-7-8-14(23)15(11-13)25-2)26-19(22)21-17-6-4-5-9-20-17/h3-9,11-12,23H,1,10H2,2H3/b16-12-,21-19+. The lowest BCUT2D eigenvalue weighted by Gasteiger charge is -2.12. The van der Waals surface area contributed by atoms with Crippen molar-refractivity contribution in [3.05, 3.63) is 65.7 Å². The van der Waals surface area contributed by atoms with E-state index in [1.807, 2.05) is 12.1 Å². The number of amides is 1. The maximum atomic E-state index is 12.7. The number of carbonyl (C=O) groups excluding carboxylic acids is 1. The first-order valence-electron chi connectivity index (χ1n) is 7.81. The maximum absolute atomic E-state index is 12.7. The van der Waals surface area contributed by atoms with Crippen molar-refractivity contribution in [2.24, 2.45) is 4.99 Å². The predicted octanol–water partition coefficient (Wildman–Crippen LogP) is 3.59. The molecule has 132 valence electrons. The number of benzene rings is 1. The molecule has 0 radical (unpaired) electrons. The van der Waals surface area contributed by atoms with E-state index in [4.69, 9.17) is 4.74 Å². The average Bonchev–Trinajstić information content (AvgIpc) is 2.93. The van der Waals surface area contributed by atoms with Crippen LogP contribution in [0.5, 0.6) is 11.5 Å². The molecule has 1 aliphatic heterocycles.